The van der Waals surface area contributed by atoms with Crippen LogP contribution >= 0.6 is 0 Å². The van der Waals surface area contributed by atoms with Gasteiger partial charge in [0.05, 0.1) is 12.3 Å². The third-order valence-electron chi connectivity index (χ3n) is 5.21. The molecule has 4 rings (SSSR count). The maximum atomic E-state index is 11.4. The van der Waals surface area contributed by atoms with Gasteiger partial charge in [0.25, 0.3) is 0 Å². The summed E-state index contributed by atoms with van der Waals surface area (Å²) in [6.45, 7) is 4.55. The predicted molar refractivity (Wildman–Crippen MR) is 125 cm³/mol. The van der Waals surface area contributed by atoms with Gasteiger partial charge in [-0.2, -0.15) is 0 Å². The van der Waals surface area contributed by atoms with E-state index in [0.29, 0.717) is 24.7 Å². The quantitative estimate of drug-likeness (QED) is 0.349. The van der Waals surface area contributed by atoms with Crippen molar-refractivity contribution < 1.29 is 23.8 Å². The van der Waals surface area contributed by atoms with E-state index in [-0.39, 0.29) is 12.2 Å². The highest BCUT2D eigenvalue weighted by Gasteiger charge is 2.12. The Kier molecular flexibility index (Phi) is 6.74. The number of carbonyl (C=O) groups is 1. The number of hydrogen-bond donors (Lipinski definition) is 1. The Morgan fingerprint density at radius 2 is 1.73 bits per heavy atom. The van der Waals surface area contributed by atoms with E-state index in [1.807, 2.05) is 68.4 Å². The molecule has 1 heterocycles. The van der Waals surface area contributed by atoms with Crippen LogP contribution in [-0.4, -0.2) is 22.7 Å². The first-order chi connectivity index (χ1) is 16.0. The van der Waals surface area contributed by atoms with Crippen LogP contribution in [0.2, 0.25) is 0 Å². The van der Waals surface area contributed by atoms with Crippen molar-refractivity contribution in [2.45, 2.75) is 26.9 Å². The van der Waals surface area contributed by atoms with E-state index in [2.05, 4.69) is 4.98 Å². The Labute approximate surface area is 192 Å². The fraction of sp³-hybridized carbons (Fsp3) is 0.185. The van der Waals surface area contributed by atoms with E-state index in [1.54, 1.807) is 18.2 Å². The minimum atomic E-state index is -1.01. The maximum Gasteiger partial charge on any atom is 0.339 e. The second-order valence-electron chi connectivity index (χ2n) is 7.72. The number of benzene rings is 3. The fourth-order valence-electron chi connectivity index (χ4n) is 3.40. The van der Waals surface area contributed by atoms with Crippen molar-refractivity contribution in [2.24, 2.45) is 0 Å². The molecule has 0 bridgehead atoms. The molecule has 168 valence electrons. The van der Waals surface area contributed by atoms with Gasteiger partial charge in [0, 0.05) is 12.0 Å². The number of carboxylic acids is 1. The summed E-state index contributed by atoms with van der Waals surface area (Å²) in [6, 6.07) is 22.4. The monoisotopic (exact) mass is 443 g/mol. The fourth-order valence-corrected chi connectivity index (χ4v) is 3.40. The zero-order chi connectivity index (χ0) is 23.2. The van der Waals surface area contributed by atoms with Crippen molar-refractivity contribution in [3.05, 3.63) is 101 Å². The van der Waals surface area contributed by atoms with E-state index >= 15 is 0 Å². The molecule has 0 radical (unpaired) electrons. The molecular formula is C27H25NO5. The zero-order valence-corrected chi connectivity index (χ0v) is 18.6. The summed E-state index contributed by atoms with van der Waals surface area (Å²) >= 11 is 0. The highest BCUT2D eigenvalue weighted by molar-refractivity contribution is 5.90. The molecule has 33 heavy (non-hydrogen) atoms. The lowest BCUT2D eigenvalue weighted by molar-refractivity contribution is 0.0691. The Morgan fingerprint density at radius 3 is 2.45 bits per heavy atom. The first kappa shape index (κ1) is 22.1. The highest BCUT2D eigenvalue weighted by Crippen LogP contribution is 2.23. The van der Waals surface area contributed by atoms with Crippen LogP contribution < -0.4 is 9.47 Å². The van der Waals surface area contributed by atoms with Gasteiger partial charge >= 0.3 is 5.97 Å². The van der Waals surface area contributed by atoms with Crippen LogP contribution in [0.4, 0.5) is 0 Å². The van der Waals surface area contributed by atoms with Crippen molar-refractivity contribution >= 4 is 5.97 Å². The minimum absolute atomic E-state index is 0.152. The molecule has 3 aromatic carbocycles. The van der Waals surface area contributed by atoms with Gasteiger partial charge in [-0.05, 0) is 61.4 Å². The van der Waals surface area contributed by atoms with Crippen molar-refractivity contribution in [1.29, 1.82) is 0 Å². The number of rotatable bonds is 9. The number of oxazole rings is 1. The summed E-state index contributed by atoms with van der Waals surface area (Å²) in [6.07, 6.45) is 0.637. The van der Waals surface area contributed by atoms with Gasteiger partial charge in [0.2, 0.25) is 5.89 Å². The Hall–Kier alpha value is -4.06. The molecule has 0 spiro atoms. The lowest BCUT2D eigenvalue weighted by Crippen LogP contribution is -2.04. The van der Waals surface area contributed by atoms with Gasteiger partial charge in [0.1, 0.15) is 29.4 Å². The first-order valence-corrected chi connectivity index (χ1v) is 10.7. The molecule has 0 fully saturated rings. The summed E-state index contributed by atoms with van der Waals surface area (Å²) in [4.78, 5) is 16.0. The standard InChI is InChI=1S/C27H25NO5/c1-18-8-13-23(27(29)30)25(16-18)32-17-20-9-11-22(12-10-20)31-15-14-24-19(2)33-26(28-24)21-6-4-3-5-7-21/h3-13,16H,14-15,17H2,1-2H3,(H,29,30). The Bertz CT molecular complexity index is 1230. The maximum absolute atomic E-state index is 11.4. The van der Waals surface area contributed by atoms with Gasteiger partial charge in [-0.15, -0.1) is 0 Å². The molecule has 0 saturated carbocycles. The molecule has 6 nitrogen and oxygen atoms in total. The average Bonchev–Trinajstić information content (AvgIpc) is 3.19. The van der Waals surface area contributed by atoms with Crippen LogP contribution in [0, 0.1) is 13.8 Å². The molecule has 0 atom stereocenters. The third kappa shape index (κ3) is 5.60. The molecule has 0 amide bonds. The molecule has 0 unspecified atom stereocenters. The molecule has 1 N–H and O–H groups in total. The first-order valence-electron chi connectivity index (χ1n) is 10.7. The number of hydrogen-bond acceptors (Lipinski definition) is 5. The van der Waals surface area contributed by atoms with Crippen LogP contribution in [0.1, 0.15) is 32.9 Å². The van der Waals surface area contributed by atoms with Gasteiger partial charge in [-0.3, -0.25) is 0 Å². The van der Waals surface area contributed by atoms with E-state index < -0.39 is 5.97 Å². The lowest BCUT2D eigenvalue weighted by Gasteiger charge is -2.11. The number of aryl methyl sites for hydroxylation is 2. The minimum Gasteiger partial charge on any atom is -0.493 e. The number of ether oxygens (including phenoxy) is 2. The molecule has 4 aromatic rings. The Balaban J connectivity index is 1.31. The average molecular weight is 443 g/mol. The molecule has 0 aliphatic heterocycles. The smallest absolute Gasteiger partial charge is 0.339 e. The lowest BCUT2D eigenvalue weighted by atomic mass is 10.1. The molecular weight excluding hydrogens is 418 g/mol. The molecule has 0 aliphatic rings. The van der Waals surface area contributed by atoms with Crippen molar-refractivity contribution in [2.75, 3.05) is 6.61 Å². The third-order valence-corrected chi connectivity index (χ3v) is 5.21. The van der Waals surface area contributed by atoms with Gasteiger partial charge in [-0.1, -0.05) is 36.4 Å². The number of aromatic carboxylic acids is 1. The largest absolute Gasteiger partial charge is 0.493 e. The van der Waals surface area contributed by atoms with Crippen LogP contribution in [0.15, 0.2) is 77.2 Å². The number of nitrogens with zero attached hydrogens (tertiary/aromatic N) is 1. The van der Waals surface area contributed by atoms with Crippen molar-refractivity contribution in [3.8, 4) is 23.0 Å². The van der Waals surface area contributed by atoms with Crippen LogP contribution in [0.25, 0.3) is 11.5 Å². The summed E-state index contributed by atoms with van der Waals surface area (Å²) in [5, 5.41) is 9.32. The summed E-state index contributed by atoms with van der Waals surface area (Å²) in [5.74, 6) is 1.51. The summed E-state index contributed by atoms with van der Waals surface area (Å²) < 4.78 is 17.4. The van der Waals surface area contributed by atoms with E-state index in [1.165, 1.54) is 0 Å². The van der Waals surface area contributed by atoms with Crippen LogP contribution in [0.3, 0.4) is 0 Å². The van der Waals surface area contributed by atoms with E-state index in [9.17, 15) is 9.90 Å². The topological polar surface area (TPSA) is 81.8 Å². The second kappa shape index (κ2) is 10.0. The van der Waals surface area contributed by atoms with Gasteiger partial charge in [-0.25, -0.2) is 9.78 Å². The van der Waals surface area contributed by atoms with E-state index in [0.717, 1.165) is 33.9 Å². The summed E-state index contributed by atoms with van der Waals surface area (Å²) in [7, 11) is 0. The number of aromatic nitrogens is 1. The molecule has 1 aromatic heterocycles. The molecule has 0 aliphatic carbocycles. The van der Waals surface area contributed by atoms with Crippen LogP contribution in [0.5, 0.6) is 11.5 Å². The van der Waals surface area contributed by atoms with Crippen LogP contribution in [-0.2, 0) is 13.0 Å². The second-order valence-corrected chi connectivity index (χ2v) is 7.72. The zero-order valence-electron chi connectivity index (χ0n) is 18.6. The van der Waals surface area contributed by atoms with E-state index in [4.69, 9.17) is 13.9 Å². The number of carboxylic acid groups (broad SMARTS) is 1. The van der Waals surface area contributed by atoms with Gasteiger partial charge < -0.3 is 19.0 Å². The normalized spacial score (nSPS) is 10.7. The van der Waals surface area contributed by atoms with Crippen molar-refractivity contribution in [3.63, 3.8) is 0 Å². The highest BCUT2D eigenvalue weighted by atomic mass is 16.5. The Morgan fingerprint density at radius 1 is 0.970 bits per heavy atom. The summed E-state index contributed by atoms with van der Waals surface area (Å²) in [5.41, 5.74) is 3.84. The molecule has 6 heteroatoms. The SMILES string of the molecule is Cc1ccc(C(=O)O)c(OCc2ccc(OCCc3nc(-c4ccccc4)oc3C)cc2)c1. The van der Waals surface area contributed by atoms with Crippen molar-refractivity contribution in [1.82, 2.24) is 4.98 Å². The van der Waals surface area contributed by atoms with Gasteiger partial charge in [0.15, 0.2) is 0 Å². The predicted octanol–water partition coefficient (Wildman–Crippen LogP) is 5.86. The molecule has 0 saturated heterocycles.